The average Bonchev–Trinajstić information content (AvgIpc) is 3.26. The molecule has 2 aromatic rings. The Morgan fingerprint density at radius 3 is 2.22 bits per heavy atom. The highest BCUT2D eigenvalue weighted by Crippen LogP contribution is 2.63. The van der Waals surface area contributed by atoms with Crippen LogP contribution in [0.4, 0.5) is 0 Å². The summed E-state index contributed by atoms with van der Waals surface area (Å²) in [5, 5.41) is 19.2. The van der Waals surface area contributed by atoms with E-state index < -0.39 is 39.6 Å². The molecule has 23 heavy (non-hydrogen) atoms. The lowest BCUT2D eigenvalue weighted by Crippen LogP contribution is -2.22. The molecule has 4 nitrogen and oxygen atoms in total. The lowest BCUT2D eigenvalue weighted by molar-refractivity contribution is 0.130. The summed E-state index contributed by atoms with van der Waals surface area (Å²) in [6, 6.07) is 15.0. The third-order valence-corrected chi connectivity index (χ3v) is 7.16. The maximum atomic E-state index is 12.9. The quantitative estimate of drug-likeness (QED) is 0.865. The largest absolute Gasteiger partial charge is 0.396 e. The standard InChI is InChI=1S/C17H17ClO4S/c18-13-6-4-5-12(9-13)15-16(17(15,10-19)11-20)23(21,22)14-7-2-1-3-8-14/h1-9,15-16,19-20H,10-11H2. The van der Waals surface area contributed by atoms with E-state index in [4.69, 9.17) is 11.6 Å². The summed E-state index contributed by atoms with van der Waals surface area (Å²) < 4.78 is 25.9. The monoisotopic (exact) mass is 352 g/mol. The van der Waals surface area contributed by atoms with Gasteiger partial charge in [0, 0.05) is 16.4 Å². The van der Waals surface area contributed by atoms with E-state index in [2.05, 4.69) is 0 Å². The van der Waals surface area contributed by atoms with Gasteiger partial charge in [-0.25, -0.2) is 8.42 Å². The third-order valence-electron chi connectivity index (χ3n) is 4.58. The fraction of sp³-hybridized carbons (Fsp3) is 0.294. The van der Waals surface area contributed by atoms with Gasteiger partial charge in [0.05, 0.1) is 23.4 Å². The molecule has 3 rings (SSSR count). The summed E-state index contributed by atoms with van der Waals surface area (Å²) in [5.41, 5.74) is -0.371. The zero-order valence-electron chi connectivity index (χ0n) is 12.3. The molecule has 2 N–H and O–H groups in total. The smallest absolute Gasteiger partial charge is 0.182 e. The molecule has 0 bridgehead atoms. The van der Waals surface area contributed by atoms with Crippen LogP contribution >= 0.6 is 11.6 Å². The second kappa shape index (κ2) is 5.91. The Morgan fingerprint density at radius 1 is 1.00 bits per heavy atom. The predicted octanol–water partition coefficient (Wildman–Crippen LogP) is 2.25. The van der Waals surface area contributed by atoms with Crippen LogP contribution in [-0.2, 0) is 9.84 Å². The van der Waals surface area contributed by atoms with Crippen molar-refractivity contribution in [1.29, 1.82) is 0 Å². The lowest BCUT2D eigenvalue weighted by Gasteiger charge is -2.11. The number of aliphatic hydroxyl groups excluding tert-OH is 2. The van der Waals surface area contributed by atoms with E-state index in [0.29, 0.717) is 10.6 Å². The minimum atomic E-state index is -3.67. The Hall–Kier alpha value is -1.40. The summed E-state index contributed by atoms with van der Waals surface area (Å²) in [6.07, 6.45) is 0. The zero-order chi connectivity index (χ0) is 16.7. The summed E-state index contributed by atoms with van der Waals surface area (Å²) in [4.78, 5) is 0.195. The van der Waals surface area contributed by atoms with Crippen LogP contribution in [0, 0.1) is 5.41 Å². The Kier molecular flexibility index (Phi) is 4.23. The van der Waals surface area contributed by atoms with Gasteiger partial charge in [-0.05, 0) is 29.8 Å². The predicted molar refractivity (Wildman–Crippen MR) is 88.2 cm³/mol. The van der Waals surface area contributed by atoms with Gasteiger partial charge in [0.25, 0.3) is 0 Å². The van der Waals surface area contributed by atoms with Crippen molar-refractivity contribution in [3.8, 4) is 0 Å². The maximum absolute atomic E-state index is 12.9. The molecule has 1 aliphatic carbocycles. The number of sulfone groups is 1. The van der Waals surface area contributed by atoms with Gasteiger partial charge in [-0.2, -0.15) is 0 Å². The fourth-order valence-corrected chi connectivity index (χ4v) is 5.98. The molecule has 0 radical (unpaired) electrons. The molecule has 0 heterocycles. The van der Waals surface area contributed by atoms with Crippen LogP contribution in [0.1, 0.15) is 11.5 Å². The topological polar surface area (TPSA) is 74.6 Å². The fourth-order valence-electron chi connectivity index (χ4n) is 3.33. The Bertz CT molecular complexity index is 800. The second-order valence-corrected chi connectivity index (χ2v) is 8.37. The average molecular weight is 353 g/mol. The molecule has 122 valence electrons. The molecule has 6 heteroatoms. The number of hydrogen-bond donors (Lipinski definition) is 2. The van der Waals surface area contributed by atoms with Gasteiger partial charge in [0.1, 0.15) is 0 Å². The molecule has 0 saturated heterocycles. The van der Waals surface area contributed by atoms with Gasteiger partial charge in [0.15, 0.2) is 9.84 Å². The van der Waals surface area contributed by atoms with Crippen molar-refractivity contribution in [3.63, 3.8) is 0 Å². The first-order chi connectivity index (χ1) is 11.0. The molecule has 2 aromatic carbocycles. The normalized spacial score (nSPS) is 22.7. The van der Waals surface area contributed by atoms with Crippen molar-refractivity contribution in [2.45, 2.75) is 16.1 Å². The molecule has 2 atom stereocenters. The van der Waals surface area contributed by atoms with Gasteiger partial charge in [0.2, 0.25) is 0 Å². The van der Waals surface area contributed by atoms with Crippen molar-refractivity contribution in [2.24, 2.45) is 5.41 Å². The first-order valence-corrected chi connectivity index (χ1v) is 9.16. The highest BCUT2D eigenvalue weighted by Gasteiger charge is 2.70. The highest BCUT2D eigenvalue weighted by molar-refractivity contribution is 7.92. The Balaban J connectivity index is 2.07. The van der Waals surface area contributed by atoms with Crippen LogP contribution in [0.15, 0.2) is 59.5 Å². The summed E-state index contributed by atoms with van der Waals surface area (Å²) >= 11 is 6.00. The third kappa shape index (κ3) is 2.58. The number of hydrogen-bond acceptors (Lipinski definition) is 4. The Morgan fingerprint density at radius 2 is 1.65 bits per heavy atom. The summed E-state index contributed by atoms with van der Waals surface area (Å²) in [7, 11) is -3.67. The summed E-state index contributed by atoms with van der Waals surface area (Å²) in [5.74, 6) is -0.485. The van der Waals surface area contributed by atoms with Crippen molar-refractivity contribution in [2.75, 3.05) is 13.2 Å². The second-order valence-electron chi connectivity index (χ2n) is 5.86. The molecule has 0 aliphatic heterocycles. The van der Waals surface area contributed by atoms with E-state index in [0.717, 1.165) is 0 Å². The Labute approximate surface area is 140 Å². The minimum absolute atomic E-state index is 0.195. The van der Waals surface area contributed by atoms with E-state index in [1.807, 2.05) is 0 Å². The molecule has 0 amide bonds. The number of aliphatic hydroxyl groups is 2. The van der Waals surface area contributed by atoms with Gasteiger partial charge in [-0.1, -0.05) is 41.9 Å². The van der Waals surface area contributed by atoms with E-state index >= 15 is 0 Å². The van der Waals surface area contributed by atoms with Crippen LogP contribution in [-0.4, -0.2) is 37.1 Å². The minimum Gasteiger partial charge on any atom is -0.396 e. The SMILES string of the molecule is O=S(=O)(c1ccccc1)C1C(c2cccc(Cl)c2)C1(CO)CO. The van der Waals surface area contributed by atoms with Gasteiger partial charge < -0.3 is 10.2 Å². The number of rotatable bonds is 5. The van der Waals surface area contributed by atoms with Gasteiger partial charge >= 0.3 is 0 Å². The molecule has 0 aromatic heterocycles. The maximum Gasteiger partial charge on any atom is 0.182 e. The molecule has 2 unspecified atom stereocenters. The number of halogens is 1. The highest BCUT2D eigenvalue weighted by atomic mass is 35.5. The molecule has 1 saturated carbocycles. The molecule has 1 aliphatic rings. The van der Waals surface area contributed by atoms with Crippen LogP contribution in [0.25, 0.3) is 0 Å². The van der Waals surface area contributed by atoms with Crippen LogP contribution in [0.5, 0.6) is 0 Å². The molecular formula is C17H17ClO4S. The van der Waals surface area contributed by atoms with Gasteiger partial charge in [-0.15, -0.1) is 0 Å². The van der Waals surface area contributed by atoms with E-state index in [9.17, 15) is 18.6 Å². The number of benzene rings is 2. The van der Waals surface area contributed by atoms with Crippen molar-refractivity contribution >= 4 is 21.4 Å². The van der Waals surface area contributed by atoms with Crippen LogP contribution in [0.3, 0.4) is 0 Å². The van der Waals surface area contributed by atoms with E-state index in [1.54, 1.807) is 42.5 Å². The van der Waals surface area contributed by atoms with Crippen molar-refractivity contribution in [1.82, 2.24) is 0 Å². The molecule has 0 spiro atoms. The first kappa shape index (κ1) is 16.5. The van der Waals surface area contributed by atoms with Crippen molar-refractivity contribution < 1.29 is 18.6 Å². The molecule has 1 fully saturated rings. The lowest BCUT2D eigenvalue weighted by atomic mass is 10.0. The zero-order valence-corrected chi connectivity index (χ0v) is 13.8. The summed E-state index contributed by atoms with van der Waals surface area (Å²) in [6.45, 7) is -0.811. The van der Waals surface area contributed by atoms with Gasteiger partial charge in [-0.3, -0.25) is 0 Å². The van der Waals surface area contributed by atoms with Crippen molar-refractivity contribution in [3.05, 3.63) is 65.2 Å². The van der Waals surface area contributed by atoms with Crippen LogP contribution in [0.2, 0.25) is 5.02 Å². The first-order valence-electron chi connectivity index (χ1n) is 7.23. The van der Waals surface area contributed by atoms with Crippen LogP contribution < -0.4 is 0 Å². The van der Waals surface area contributed by atoms with E-state index in [-0.39, 0.29) is 4.90 Å². The van der Waals surface area contributed by atoms with E-state index in [1.165, 1.54) is 12.1 Å². The molecular weight excluding hydrogens is 336 g/mol.